The van der Waals surface area contributed by atoms with E-state index >= 15 is 0 Å². The van der Waals surface area contributed by atoms with Crippen LogP contribution in [-0.4, -0.2) is 19.0 Å². The zero-order valence-electron chi connectivity index (χ0n) is 9.60. The summed E-state index contributed by atoms with van der Waals surface area (Å²) in [6.07, 6.45) is 1.70. The molecule has 1 aromatic carbocycles. The van der Waals surface area contributed by atoms with Gasteiger partial charge in [-0.05, 0) is 41.4 Å². The van der Waals surface area contributed by atoms with E-state index in [9.17, 15) is 13.6 Å². The van der Waals surface area contributed by atoms with E-state index in [-0.39, 0.29) is 22.0 Å². The molecule has 3 nitrogen and oxygen atoms in total. The minimum atomic E-state index is -0.779. The molecule has 0 saturated carbocycles. The molecule has 1 amide bonds. The lowest BCUT2D eigenvalue weighted by atomic mass is 9.99. The minimum Gasteiger partial charge on any atom is -0.322 e. The molecule has 0 radical (unpaired) electrons. The Morgan fingerprint density at radius 2 is 2.22 bits per heavy atom. The zero-order valence-corrected chi connectivity index (χ0v) is 11.2. The number of benzene rings is 1. The lowest BCUT2D eigenvalue weighted by Crippen LogP contribution is -2.37. The number of hydrogen-bond donors (Lipinski definition) is 2. The fraction of sp³-hybridized carbons (Fsp3) is 0.417. The third kappa shape index (κ3) is 3.05. The van der Waals surface area contributed by atoms with Crippen LogP contribution in [0, 0.1) is 17.6 Å². The van der Waals surface area contributed by atoms with Crippen LogP contribution < -0.4 is 10.6 Å². The van der Waals surface area contributed by atoms with Crippen molar-refractivity contribution in [3.8, 4) is 0 Å². The number of carbonyl (C=O) groups excluding carboxylic acids is 1. The van der Waals surface area contributed by atoms with Gasteiger partial charge in [-0.2, -0.15) is 0 Å². The van der Waals surface area contributed by atoms with Gasteiger partial charge in [0.2, 0.25) is 5.91 Å². The molecular weight excluding hydrogens is 306 g/mol. The zero-order chi connectivity index (χ0) is 13.1. The fourth-order valence-electron chi connectivity index (χ4n) is 1.96. The standard InChI is InChI=1S/C12H13BrF2N2O/c13-9-4-8(14)5-10(15)11(9)17-12(18)7-2-1-3-16-6-7/h4-5,7,16H,1-3,6H2,(H,17,18)/t7-/m1/s1. The van der Waals surface area contributed by atoms with Gasteiger partial charge in [0.05, 0.1) is 11.6 Å². The van der Waals surface area contributed by atoms with Gasteiger partial charge in [0, 0.05) is 17.1 Å². The van der Waals surface area contributed by atoms with Crippen molar-refractivity contribution in [3.63, 3.8) is 0 Å². The van der Waals surface area contributed by atoms with E-state index in [0.717, 1.165) is 31.5 Å². The molecule has 1 atom stereocenters. The molecule has 1 saturated heterocycles. The molecule has 2 rings (SSSR count). The molecule has 98 valence electrons. The highest BCUT2D eigenvalue weighted by molar-refractivity contribution is 9.10. The molecule has 2 N–H and O–H groups in total. The van der Waals surface area contributed by atoms with Crippen molar-refractivity contribution in [1.29, 1.82) is 0 Å². The van der Waals surface area contributed by atoms with Gasteiger partial charge < -0.3 is 10.6 Å². The Hall–Kier alpha value is -1.01. The first kappa shape index (κ1) is 13.4. The van der Waals surface area contributed by atoms with Crippen LogP contribution in [0.3, 0.4) is 0 Å². The molecule has 0 aromatic heterocycles. The molecule has 6 heteroatoms. The first-order valence-corrected chi connectivity index (χ1v) is 6.53. The number of carbonyl (C=O) groups is 1. The molecule has 1 aromatic rings. The molecule has 1 heterocycles. The maximum atomic E-state index is 13.5. The first-order chi connectivity index (χ1) is 8.58. The molecule has 1 aliphatic rings. The second-order valence-corrected chi connectivity index (χ2v) is 5.13. The number of amides is 1. The van der Waals surface area contributed by atoms with E-state index in [1.807, 2.05) is 0 Å². The number of hydrogen-bond acceptors (Lipinski definition) is 2. The van der Waals surface area contributed by atoms with E-state index in [1.165, 1.54) is 0 Å². The molecule has 0 unspecified atom stereocenters. The summed E-state index contributed by atoms with van der Waals surface area (Å²) in [5, 5.41) is 5.62. The summed E-state index contributed by atoms with van der Waals surface area (Å²) < 4.78 is 26.7. The SMILES string of the molecule is O=C(Nc1c(F)cc(F)cc1Br)[C@@H]1CCCNC1. The first-order valence-electron chi connectivity index (χ1n) is 5.74. The number of rotatable bonds is 2. The number of nitrogens with one attached hydrogen (secondary N) is 2. The predicted molar refractivity (Wildman–Crippen MR) is 68.3 cm³/mol. The summed E-state index contributed by atoms with van der Waals surface area (Å²) in [6, 6.07) is 1.87. The van der Waals surface area contributed by atoms with Gasteiger partial charge in [-0.25, -0.2) is 8.78 Å². The summed E-state index contributed by atoms with van der Waals surface area (Å²) in [5.74, 6) is -1.88. The fourth-order valence-corrected chi connectivity index (χ4v) is 2.47. The van der Waals surface area contributed by atoms with Crippen molar-refractivity contribution in [2.75, 3.05) is 18.4 Å². The lowest BCUT2D eigenvalue weighted by molar-refractivity contribution is -0.120. The Labute approximate surface area is 112 Å². The smallest absolute Gasteiger partial charge is 0.228 e. The Morgan fingerprint density at radius 1 is 1.44 bits per heavy atom. The molecular formula is C12H13BrF2N2O. The number of anilines is 1. The van der Waals surface area contributed by atoms with Gasteiger partial charge in [-0.1, -0.05) is 0 Å². The van der Waals surface area contributed by atoms with Crippen LogP contribution in [0.5, 0.6) is 0 Å². The minimum absolute atomic E-state index is 0.00743. The monoisotopic (exact) mass is 318 g/mol. The van der Waals surface area contributed by atoms with Crippen LogP contribution in [0.2, 0.25) is 0 Å². The van der Waals surface area contributed by atoms with Gasteiger partial charge in [0.1, 0.15) is 5.82 Å². The van der Waals surface area contributed by atoms with Crippen molar-refractivity contribution >= 4 is 27.5 Å². The van der Waals surface area contributed by atoms with Crippen LogP contribution >= 0.6 is 15.9 Å². The Morgan fingerprint density at radius 3 is 2.83 bits per heavy atom. The normalized spacial score (nSPS) is 19.6. The van der Waals surface area contributed by atoms with Gasteiger partial charge in [0.25, 0.3) is 0 Å². The third-order valence-electron chi connectivity index (χ3n) is 2.92. The number of piperidine rings is 1. The van der Waals surface area contributed by atoms with Crippen molar-refractivity contribution in [2.24, 2.45) is 5.92 Å². The predicted octanol–water partition coefficient (Wildman–Crippen LogP) is 2.67. The quantitative estimate of drug-likeness (QED) is 0.880. The second kappa shape index (κ2) is 5.75. The Balaban J connectivity index is 2.11. The van der Waals surface area contributed by atoms with Gasteiger partial charge >= 0.3 is 0 Å². The lowest BCUT2D eigenvalue weighted by Gasteiger charge is -2.22. The van der Waals surface area contributed by atoms with Crippen molar-refractivity contribution < 1.29 is 13.6 Å². The van der Waals surface area contributed by atoms with E-state index < -0.39 is 11.6 Å². The highest BCUT2D eigenvalue weighted by atomic mass is 79.9. The maximum absolute atomic E-state index is 13.5. The van der Waals surface area contributed by atoms with Crippen LogP contribution in [0.4, 0.5) is 14.5 Å². The summed E-state index contributed by atoms with van der Waals surface area (Å²) in [7, 11) is 0. The van der Waals surface area contributed by atoms with E-state index in [2.05, 4.69) is 26.6 Å². The van der Waals surface area contributed by atoms with Gasteiger partial charge in [-0.15, -0.1) is 0 Å². The van der Waals surface area contributed by atoms with Crippen LogP contribution in [0.15, 0.2) is 16.6 Å². The van der Waals surface area contributed by atoms with E-state index in [4.69, 9.17) is 0 Å². The van der Waals surface area contributed by atoms with E-state index in [1.54, 1.807) is 0 Å². The van der Waals surface area contributed by atoms with Crippen LogP contribution in [0.1, 0.15) is 12.8 Å². The summed E-state index contributed by atoms with van der Waals surface area (Å²) in [4.78, 5) is 11.9. The Kier molecular flexibility index (Phi) is 4.29. The molecule has 1 fully saturated rings. The summed E-state index contributed by atoms with van der Waals surface area (Å²) >= 11 is 3.04. The maximum Gasteiger partial charge on any atom is 0.228 e. The Bertz CT molecular complexity index is 438. The van der Waals surface area contributed by atoms with Crippen LogP contribution in [0.25, 0.3) is 0 Å². The highest BCUT2D eigenvalue weighted by Crippen LogP contribution is 2.27. The molecule has 18 heavy (non-hydrogen) atoms. The van der Waals surface area contributed by atoms with E-state index in [0.29, 0.717) is 6.54 Å². The second-order valence-electron chi connectivity index (χ2n) is 4.28. The molecule has 0 spiro atoms. The largest absolute Gasteiger partial charge is 0.322 e. The number of halogens is 3. The topological polar surface area (TPSA) is 41.1 Å². The molecule has 0 bridgehead atoms. The van der Waals surface area contributed by atoms with Gasteiger partial charge in [-0.3, -0.25) is 4.79 Å². The molecule has 0 aliphatic carbocycles. The summed E-state index contributed by atoms with van der Waals surface area (Å²) in [5.41, 5.74) is -0.00743. The van der Waals surface area contributed by atoms with Crippen molar-refractivity contribution in [3.05, 3.63) is 28.2 Å². The highest BCUT2D eigenvalue weighted by Gasteiger charge is 2.22. The average Bonchev–Trinajstić information content (AvgIpc) is 2.34. The third-order valence-corrected chi connectivity index (χ3v) is 3.55. The molecule has 1 aliphatic heterocycles. The summed E-state index contributed by atoms with van der Waals surface area (Å²) in [6.45, 7) is 1.49. The average molecular weight is 319 g/mol. The van der Waals surface area contributed by atoms with Crippen LogP contribution in [-0.2, 0) is 4.79 Å². The van der Waals surface area contributed by atoms with Crippen molar-refractivity contribution in [2.45, 2.75) is 12.8 Å². The van der Waals surface area contributed by atoms with Crippen molar-refractivity contribution in [1.82, 2.24) is 5.32 Å². The van der Waals surface area contributed by atoms with Gasteiger partial charge in [0.15, 0.2) is 5.82 Å².